The van der Waals surface area contributed by atoms with E-state index in [0.717, 1.165) is 19.0 Å². The molecule has 1 aromatic rings. The lowest BCUT2D eigenvalue weighted by Gasteiger charge is -2.46. The summed E-state index contributed by atoms with van der Waals surface area (Å²) in [6.07, 6.45) is 4.98. The maximum absolute atomic E-state index is 6.30. The standard InChI is InChI=1S/C18H29N3/c1-20-11-9-15(12-20)13-21(2)18(14-19)10-5-7-16-6-3-4-8-17(16)18/h3-4,6,8,15H,5,7,9-14,19H2,1-2H3. The van der Waals surface area contributed by atoms with Crippen LogP contribution in [0.4, 0.5) is 0 Å². The summed E-state index contributed by atoms with van der Waals surface area (Å²) in [7, 11) is 4.52. The Morgan fingerprint density at radius 3 is 2.90 bits per heavy atom. The highest BCUT2D eigenvalue weighted by atomic mass is 15.2. The molecule has 2 N–H and O–H groups in total. The molecular formula is C18H29N3. The van der Waals surface area contributed by atoms with Gasteiger partial charge in [0, 0.05) is 19.6 Å². The molecule has 0 saturated carbocycles. The molecule has 116 valence electrons. The van der Waals surface area contributed by atoms with Crippen molar-refractivity contribution in [3.63, 3.8) is 0 Å². The van der Waals surface area contributed by atoms with Crippen LogP contribution in [0.15, 0.2) is 24.3 Å². The van der Waals surface area contributed by atoms with Gasteiger partial charge in [-0.2, -0.15) is 0 Å². The van der Waals surface area contributed by atoms with Gasteiger partial charge in [0.1, 0.15) is 0 Å². The average molecular weight is 287 g/mol. The van der Waals surface area contributed by atoms with Crippen LogP contribution in [-0.2, 0) is 12.0 Å². The lowest BCUT2D eigenvalue weighted by molar-refractivity contribution is 0.0867. The van der Waals surface area contributed by atoms with Crippen LogP contribution >= 0.6 is 0 Å². The van der Waals surface area contributed by atoms with Gasteiger partial charge in [-0.25, -0.2) is 0 Å². The van der Waals surface area contributed by atoms with E-state index in [1.54, 1.807) is 0 Å². The molecule has 3 nitrogen and oxygen atoms in total. The summed E-state index contributed by atoms with van der Waals surface area (Å²) in [6, 6.07) is 8.93. The molecular weight excluding hydrogens is 258 g/mol. The topological polar surface area (TPSA) is 32.5 Å². The largest absolute Gasteiger partial charge is 0.328 e. The molecule has 2 atom stereocenters. The van der Waals surface area contributed by atoms with E-state index >= 15 is 0 Å². The Morgan fingerprint density at radius 2 is 2.19 bits per heavy atom. The van der Waals surface area contributed by atoms with E-state index in [4.69, 9.17) is 5.73 Å². The van der Waals surface area contributed by atoms with Crippen LogP contribution < -0.4 is 5.73 Å². The highest BCUT2D eigenvalue weighted by Crippen LogP contribution is 2.39. The number of aryl methyl sites for hydroxylation is 1. The number of likely N-dealkylation sites (N-methyl/N-ethyl adjacent to an activating group) is 1. The van der Waals surface area contributed by atoms with Crippen LogP contribution in [0.25, 0.3) is 0 Å². The fourth-order valence-corrected chi connectivity index (χ4v) is 4.40. The van der Waals surface area contributed by atoms with Gasteiger partial charge in [-0.3, -0.25) is 4.90 Å². The lowest BCUT2D eigenvalue weighted by Crippen LogP contribution is -2.52. The summed E-state index contributed by atoms with van der Waals surface area (Å²) < 4.78 is 0. The maximum Gasteiger partial charge on any atom is 0.0584 e. The fraction of sp³-hybridized carbons (Fsp3) is 0.667. The summed E-state index contributed by atoms with van der Waals surface area (Å²) in [5.41, 5.74) is 9.34. The molecule has 0 radical (unpaired) electrons. The Morgan fingerprint density at radius 1 is 1.38 bits per heavy atom. The zero-order chi connectivity index (χ0) is 14.9. The van der Waals surface area contributed by atoms with Gasteiger partial charge in [0.2, 0.25) is 0 Å². The van der Waals surface area contributed by atoms with Gasteiger partial charge in [-0.1, -0.05) is 24.3 Å². The third-order valence-corrected chi connectivity index (χ3v) is 5.64. The van der Waals surface area contributed by atoms with Gasteiger partial charge in [0.05, 0.1) is 5.54 Å². The molecule has 2 aliphatic rings. The van der Waals surface area contributed by atoms with Gasteiger partial charge in [-0.05, 0) is 63.4 Å². The highest BCUT2D eigenvalue weighted by molar-refractivity contribution is 5.36. The van der Waals surface area contributed by atoms with Crippen molar-refractivity contribution in [3.05, 3.63) is 35.4 Å². The minimum Gasteiger partial charge on any atom is -0.328 e. The second kappa shape index (κ2) is 6.07. The van der Waals surface area contributed by atoms with Crippen LogP contribution in [0.1, 0.15) is 30.4 Å². The normalized spacial score (nSPS) is 29.8. The Balaban J connectivity index is 1.83. The first-order valence-electron chi connectivity index (χ1n) is 8.34. The maximum atomic E-state index is 6.30. The molecule has 0 spiro atoms. The van der Waals surface area contributed by atoms with Crippen LogP contribution in [0, 0.1) is 5.92 Å². The molecule has 3 rings (SSSR count). The average Bonchev–Trinajstić information content (AvgIpc) is 2.91. The first kappa shape index (κ1) is 15.0. The van der Waals surface area contributed by atoms with Gasteiger partial charge in [0.25, 0.3) is 0 Å². The zero-order valence-corrected chi connectivity index (χ0v) is 13.5. The van der Waals surface area contributed by atoms with Crippen molar-refractivity contribution in [1.82, 2.24) is 9.80 Å². The second-order valence-electron chi connectivity index (χ2n) is 7.04. The van der Waals surface area contributed by atoms with Crippen molar-refractivity contribution >= 4 is 0 Å². The van der Waals surface area contributed by atoms with Crippen LogP contribution in [0.5, 0.6) is 0 Å². The molecule has 0 aromatic heterocycles. The monoisotopic (exact) mass is 287 g/mol. The predicted molar refractivity (Wildman–Crippen MR) is 88.3 cm³/mol. The van der Waals surface area contributed by atoms with Crippen molar-refractivity contribution in [2.45, 2.75) is 31.2 Å². The zero-order valence-electron chi connectivity index (χ0n) is 13.5. The summed E-state index contributed by atoms with van der Waals surface area (Å²) >= 11 is 0. The van der Waals surface area contributed by atoms with Crippen molar-refractivity contribution in [2.24, 2.45) is 11.7 Å². The quantitative estimate of drug-likeness (QED) is 0.920. The molecule has 1 fully saturated rings. The predicted octanol–water partition coefficient (Wildman–Crippen LogP) is 2.06. The van der Waals surface area contributed by atoms with Gasteiger partial charge in [0.15, 0.2) is 0 Å². The van der Waals surface area contributed by atoms with E-state index in [-0.39, 0.29) is 5.54 Å². The summed E-state index contributed by atoms with van der Waals surface area (Å²) in [4.78, 5) is 5.01. The molecule has 1 aliphatic heterocycles. The number of fused-ring (bicyclic) bond motifs is 1. The van der Waals surface area contributed by atoms with E-state index in [0.29, 0.717) is 0 Å². The van der Waals surface area contributed by atoms with Crippen LogP contribution in [-0.4, -0.2) is 50.1 Å². The van der Waals surface area contributed by atoms with Gasteiger partial charge in [-0.15, -0.1) is 0 Å². The molecule has 1 aromatic carbocycles. The van der Waals surface area contributed by atoms with E-state index in [2.05, 4.69) is 48.2 Å². The first-order valence-corrected chi connectivity index (χ1v) is 8.34. The third kappa shape index (κ3) is 2.75. The molecule has 2 unspecified atom stereocenters. The Hall–Kier alpha value is -0.900. The number of hydrogen-bond donors (Lipinski definition) is 1. The van der Waals surface area contributed by atoms with E-state index in [1.165, 1.54) is 49.9 Å². The smallest absolute Gasteiger partial charge is 0.0584 e. The van der Waals surface area contributed by atoms with Gasteiger partial charge >= 0.3 is 0 Å². The lowest BCUT2D eigenvalue weighted by atomic mass is 9.75. The second-order valence-corrected chi connectivity index (χ2v) is 7.04. The molecule has 21 heavy (non-hydrogen) atoms. The molecule has 0 bridgehead atoms. The first-order chi connectivity index (χ1) is 10.2. The molecule has 1 heterocycles. The van der Waals surface area contributed by atoms with Gasteiger partial charge < -0.3 is 10.6 Å². The Bertz CT molecular complexity index is 487. The molecule has 1 saturated heterocycles. The minimum atomic E-state index is 0.0516. The Kier molecular flexibility index (Phi) is 4.34. The number of hydrogen-bond acceptors (Lipinski definition) is 3. The van der Waals surface area contributed by atoms with Crippen LogP contribution in [0.3, 0.4) is 0 Å². The number of likely N-dealkylation sites (tertiary alicyclic amines) is 1. The summed E-state index contributed by atoms with van der Waals surface area (Å²) in [5, 5.41) is 0. The SMILES string of the molecule is CN1CCC(CN(C)C2(CN)CCCc3ccccc32)C1. The van der Waals surface area contributed by atoms with Crippen molar-refractivity contribution in [3.8, 4) is 0 Å². The molecule has 0 amide bonds. The number of nitrogens with two attached hydrogens (primary N) is 1. The molecule has 3 heteroatoms. The van der Waals surface area contributed by atoms with Crippen molar-refractivity contribution in [1.29, 1.82) is 0 Å². The van der Waals surface area contributed by atoms with E-state index in [9.17, 15) is 0 Å². The number of nitrogens with zero attached hydrogens (tertiary/aromatic N) is 2. The van der Waals surface area contributed by atoms with Crippen molar-refractivity contribution < 1.29 is 0 Å². The summed E-state index contributed by atoms with van der Waals surface area (Å²) in [5.74, 6) is 0.789. The fourth-order valence-electron chi connectivity index (χ4n) is 4.40. The molecule has 1 aliphatic carbocycles. The number of rotatable bonds is 4. The highest BCUT2D eigenvalue weighted by Gasteiger charge is 2.39. The van der Waals surface area contributed by atoms with Crippen molar-refractivity contribution in [2.75, 3.05) is 40.3 Å². The summed E-state index contributed by atoms with van der Waals surface area (Å²) in [6.45, 7) is 4.36. The number of benzene rings is 1. The Labute approximate surface area is 129 Å². The minimum absolute atomic E-state index is 0.0516. The van der Waals surface area contributed by atoms with Crippen LogP contribution in [0.2, 0.25) is 0 Å². The van der Waals surface area contributed by atoms with E-state index < -0.39 is 0 Å². The van der Waals surface area contributed by atoms with E-state index in [1.807, 2.05) is 0 Å². The third-order valence-electron chi connectivity index (χ3n) is 5.64.